The monoisotopic (exact) mass is 261 g/mol. The van der Waals surface area contributed by atoms with Gasteiger partial charge in [-0.2, -0.15) is 0 Å². The van der Waals surface area contributed by atoms with Crippen LogP contribution in [0.5, 0.6) is 0 Å². The van der Waals surface area contributed by atoms with Crippen LogP contribution < -0.4 is 0 Å². The number of likely N-dealkylation sites (tertiary alicyclic amines) is 1. The summed E-state index contributed by atoms with van der Waals surface area (Å²) in [4.78, 5) is 2.24. The maximum absolute atomic E-state index is 9.93. The van der Waals surface area contributed by atoms with E-state index in [4.69, 9.17) is 14.2 Å². The van der Waals surface area contributed by atoms with E-state index in [1.54, 1.807) is 14.2 Å². The number of hydrogen-bond acceptors (Lipinski definition) is 5. The number of aliphatic hydroxyl groups excluding tert-OH is 1. The number of aliphatic hydroxyl groups is 1. The van der Waals surface area contributed by atoms with E-state index in [0.29, 0.717) is 25.9 Å². The summed E-state index contributed by atoms with van der Waals surface area (Å²) in [5.74, 6) is 0. The SMILES string of the molecule is COCC(C)OCC(O)CN1CCCC(OC)C1. The van der Waals surface area contributed by atoms with Gasteiger partial charge in [-0.05, 0) is 26.3 Å². The van der Waals surface area contributed by atoms with Gasteiger partial charge in [-0.15, -0.1) is 0 Å². The Bertz CT molecular complexity index is 215. The minimum absolute atomic E-state index is 0.0257. The first-order valence-electron chi connectivity index (χ1n) is 6.69. The first kappa shape index (κ1) is 15.9. The molecule has 3 atom stereocenters. The third kappa shape index (κ3) is 6.11. The zero-order chi connectivity index (χ0) is 13.4. The number of piperidine rings is 1. The lowest BCUT2D eigenvalue weighted by atomic mass is 10.1. The van der Waals surface area contributed by atoms with Crippen molar-refractivity contribution >= 4 is 0 Å². The summed E-state index contributed by atoms with van der Waals surface area (Å²) >= 11 is 0. The molecular formula is C13H27NO4. The molecule has 0 amide bonds. The molecule has 108 valence electrons. The van der Waals surface area contributed by atoms with E-state index in [9.17, 15) is 5.11 Å². The second-order valence-electron chi connectivity index (χ2n) is 5.01. The van der Waals surface area contributed by atoms with Gasteiger partial charge in [-0.3, -0.25) is 4.90 Å². The van der Waals surface area contributed by atoms with Gasteiger partial charge in [0.2, 0.25) is 0 Å². The summed E-state index contributed by atoms with van der Waals surface area (Å²) in [5, 5.41) is 9.93. The largest absolute Gasteiger partial charge is 0.389 e. The molecular weight excluding hydrogens is 234 g/mol. The lowest BCUT2D eigenvalue weighted by Crippen LogP contribution is -2.44. The van der Waals surface area contributed by atoms with Crippen LogP contribution >= 0.6 is 0 Å². The van der Waals surface area contributed by atoms with E-state index in [1.165, 1.54) is 0 Å². The molecule has 1 N–H and O–H groups in total. The minimum Gasteiger partial charge on any atom is -0.389 e. The van der Waals surface area contributed by atoms with E-state index in [1.807, 2.05) is 6.92 Å². The Balaban J connectivity index is 2.16. The number of β-amino-alcohol motifs (C(OH)–C–C–N with tert-alkyl or cyclic N) is 1. The molecule has 5 nitrogen and oxygen atoms in total. The van der Waals surface area contributed by atoms with Crippen LogP contribution in [-0.2, 0) is 14.2 Å². The fourth-order valence-corrected chi connectivity index (χ4v) is 2.28. The van der Waals surface area contributed by atoms with Crippen LogP contribution in [0.15, 0.2) is 0 Å². The summed E-state index contributed by atoms with van der Waals surface area (Å²) in [6, 6.07) is 0. The quantitative estimate of drug-likeness (QED) is 0.690. The normalized spacial score (nSPS) is 25.0. The van der Waals surface area contributed by atoms with Crippen molar-refractivity contribution in [2.24, 2.45) is 0 Å². The molecule has 0 spiro atoms. The summed E-state index contributed by atoms with van der Waals surface area (Å²) in [5.41, 5.74) is 0. The predicted molar refractivity (Wildman–Crippen MR) is 69.8 cm³/mol. The van der Waals surface area contributed by atoms with E-state index in [-0.39, 0.29) is 6.10 Å². The van der Waals surface area contributed by atoms with E-state index < -0.39 is 6.10 Å². The first-order chi connectivity index (χ1) is 8.65. The van der Waals surface area contributed by atoms with Gasteiger partial charge < -0.3 is 19.3 Å². The maximum Gasteiger partial charge on any atom is 0.0900 e. The molecule has 1 heterocycles. The number of methoxy groups -OCH3 is 2. The van der Waals surface area contributed by atoms with E-state index in [2.05, 4.69) is 4.90 Å². The van der Waals surface area contributed by atoms with E-state index in [0.717, 1.165) is 25.9 Å². The maximum atomic E-state index is 9.93. The molecule has 0 aromatic heterocycles. The third-order valence-corrected chi connectivity index (χ3v) is 3.24. The molecule has 1 aliphatic rings. The topological polar surface area (TPSA) is 51.2 Å². The van der Waals surface area contributed by atoms with Gasteiger partial charge in [0.25, 0.3) is 0 Å². The van der Waals surface area contributed by atoms with Gasteiger partial charge >= 0.3 is 0 Å². The van der Waals surface area contributed by atoms with Crippen molar-refractivity contribution < 1.29 is 19.3 Å². The van der Waals surface area contributed by atoms with Crippen LogP contribution in [0.1, 0.15) is 19.8 Å². The second-order valence-corrected chi connectivity index (χ2v) is 5.01. The minimum atomic E-state index is -0.445. The number of hydrogen-bond donors (Lipinski definition) is 1. The summed E-state index contributed by atoms with van der Waals surface area (Å²) < 4.78 is 15.8. The molecule has 0 aromatic carbocycles. The Hall–Kier alpha value is -0.200. The lowest BCUT2D eigenvalue weighted by molar-refractivity contribution is -0.0479. The van der Waals surface area contributed by atoms with Gasteiger partial charge in [-0.25, -0.2) is 0 Å². The van der Waals surface area contributed by atoms with Crippen molar-refractivity contribution in [2.45, 2.75) is 38.1 Å². The molecule has 5 heteroatoms. The smallest absolute Gasteiger partial charge is 0.0900 e. The van der Waals surface area contributed by atoms with Crippen LogP contribution in [0.4, 0.5) is 0 Å². The molecule has 0 bridgehead atoms. The zero-order valence-electron chi connectivity index (χ0n) is 11.8. The highest BCUT2D eigenvalue weighted by Crippen LogP contribution is 2.12. The van der Waals surface area contributed by atoms with Crippen molar-refractivity contribution in [3.8, 4) is 0 Å². The van der Waals surface area contributed by atoms with Crippen LogP contribution in [0.2, 0.25) is 0 Å². The first-order valence-corrected chi connectivity index (χ1v) is 6.69. The van der Waals surface area contributed by atoms with Crippen LogP contribution in [0.25, 0.3) is 0 Å². The number of nitrogens with zero attached hydrogens (tertiary/aromatic N) is 1. The molecule has 1 aliphatic heterocycles. The molecule has 0 saturated carbocycles. The van der Waals surface area contributed by atoms with E-state index >= 15 is 0 Å². The molecule has 0 aromatic rings. The Morgan fingerprint density at radius 2 is 2.11 bits per heavy atom. The third-order valence-electron chi connectivity index (χ3n) is 3.24. The van der Waals surface area contributed by atoms with Crippen LogP contribution in [0.3, 0.4) is 0 Å². The van der Waals surface area contributed by atoms with Crippen LogP contribution in [-0.4, -0.2) is 75.4 Å². The van der Waals surface area contributed by atoms with Gasteiger partial charge in [0.15, 0.2) is 0 Å². The second kappa shape index (κ2) is 8.82. The molecule has 1 rings (SSSR count). The predicted octanol–water partition coefficient (Wildman–Crippen LogP) is 0.510. The summed E-state index contributed by atoms with van der Waals surface area (Å²) in [6.07, 6.45) is 2.13. The molecule has 0 radical (unpaired) electrons. The number of ether oxygens (including phenoxy) is 3. The van der Waals surface area contributed by atoms with Crippen molar-refractivity contribution in [3.63, 3.8) is 0 Å². The Morgan fingerprint density at radius 3 is 2.78 bits per heavy atom. The molecule has 0 aliphatic carbocycles. The van der Waals surface area contributed by atoms with Gasteiger partial charge in [0, 0.05) is 27.3 Å². The average Bonchev–Trinajstić information content (AvgIpc) is 2.37. The molecule has 1 saturated heterocycles. The standard InChI is InChI=1S/C13H27NO4/c1-11(9-16-2)18-10-12(15)7-14-6-4-5-13(8-14)17-3/h11-13,15H,4-10H2,1-3H3. The molecule has 1 fully saturated rings. The fourth-order valence-electron chi connectivity index (χ4n) is 2.28. The summed E-state index contributed by atoms with van der Waals surface area (Å²) in [6.45, 7) is 5.45. The van der Waals surface area contributed by atoms with Gasteiger partial charge in [0.05, 0.1) is 31.5 Å². The highest BCUT2D eigenvalue weighted by atomic mass is 16.5. The van der Waals surface area contributed by atoms with Gasteiger partial charge in [0.1, 0.15) is 0 Å². The van der Waals surface area contributed by atoms with Crippen LogP contribution in [0, 0.1) is 0 Å². The van der Waals surface area contributed by atoms with Crippen molar-refractivity contribution in [3.05, 3.63) is 0 Å². The lowest BCUT2D eigenvalue weighted by Gasteiger charge is -2.33. The van der Waals surface area contributed by atoms with Gasteiger partial charge in [-0.1, -0.05) is 0 Å². The zero-order valence-corrected chi connectivity index (χ0v) is 11.8. The highest BCUT2D eigenvalue weighted by molar-refractivity contribution is 4.75. The Kier molecular flexibility index (Phi) is 7.77. The van der Waals surface area contributed by atoms with Crippen molar-refractivity contribution in [1.82, 2.24) is 4.90 Å². The number of rotatable bonds is 8. The Morgan fingerprint density at radius 1 is 1.33 bits per heavy atom. The highest BCUT2D eigenvalue weighted by Gasteiger charge is 2.21. The fraction of sp³-hybridized carbons (Fsp3) is 1.00. The molecule has 18 heavy (non-hydrogen) atoms. The average molecular weight is 261 g/mol. The van der Waals surface area contributed by atoms with Crippen molar-refractivity contribution in [2.75, 3.05) is 47.1 Å². The van der Waals surface area contributed by atoms with Crippen molar-refractivity contribution in [1.29, 1.82) is 0 Å². The summed E-state index contributed by atoms with van der Waals surface area (Å²) in [7, 11) is 3.40. The molecule has 3 unspecified atom stereocenters. The Labute approximate surface area is 110 Å².